The minimum atomic E-state index is 0.465. The lowest BCUT2D eigenvalue weighted by Gasteiger charge is -2.25. The second-order valence-electron chi connectivity index (χ2n) is 4.63. The Morgan fingerprint density at radius 2 is 2.18 bits per heavy atom. The lowest BCUT2D eigenvalue weighted by molar-refractivity contribution is 0.347. The lowest BCUT2D eigenvalue weighted by Crippen LogP contribution is -2.28. The van der Waals surface area contributed by atoms with Gasteiger partial charge in [-0.3, -0.25) is 0 Å². The topological polar surface area (TPSA) is 33.6 Å². The standard InChI is InChI=1S/C14H18N2O/c1-2-6-12(14-16-9-10-17-14)11(5-1)13-7-3-4-8-15-13/h1-2,5-6,13,15H,3-4,7-10H2. The van der Waals surface area contributed by atoms with E-state index < -0.39 is 0 Å². The third-order valence-electron chi connectivity index (χ3n) is 3.46. The quantitative estimate of drug-likeness (QED) is 0.845. The van der Waals surface area contributed by atoms with Crippen LogP contribution in [0.15, 0.2) is 29.3 Å². The summed E-state index contributed by atoms with van der Waals surface area (Å²) in [5.74, 6) is 0.827. The summed E-state index contributed by atoms with van der Waals surface area (Å²) in [6.07, 6.45) is 3.81. The van der Waals surface area contributed by atoms with Gasteiger partial charge in [0, 0.05) is 11.6 Å². The van der Waals surface area contributed by atoms with Crippen molar-refractivity contribution in [2.75, 3.05) is 19.7 Å². The Kier molecular flexibility index (Phi) is 3.10. The third-order valence-corrected chi connectivity index (χ3v) is 3.46. The molecule has 1 unspecified atom stereocenters. The van der Waals surface area contributed by atoms with Crippen molar-refractivity contribution in [2.45, 2.75) is 25.3 Å². The summed E-state index contributed by atoms with van der Waals surface area (Å²) >= 11 is 0. The molecule has 3 rings (SSSR count). The fraction of sp³-hybridized carbons (Fsp3) is 0.500. The molecular weight excluding hydrogens is 212 g/mol. The molecule has 1 fully saturated rings. The molecule has 3 heteroatoms. The maximum atomic E-state index is 5.59. The molecular formula is C14H18N2O. The van der Waals surface area contributed by atoms with Crippen LogP contribution in [-0.2, 0) is 4.74 Å². The van der Waals surface area contributed by atoms with Gasteiger partial charge >= 0.3 is 0 Å². The monoisotopic (exact) mass is 230 g/mol. The highest BCUT2D eigenvalue weighted by Gasteiger charge is 2.21. The highest BCUT2D eigenvalue weighted by molar-refractivity contribution is 5.96. The molecule has 2 aliphatic rings. The molecule has 0 aliphatic carbocycles. The third kappa shape index (κ3) is 2.20. The molecule has 2 aliphatic heterocycles. The fourth-order valence-corrected chi connectivity index (χ4v) is 2.61. The first-order chi connectivity index (χ1) is 8.45. The van der Waals surface area contributed by atoms with Crippen molar-refractivity contribution in [3.63, 3.8) is 0 Å². The Bertz CT molecular complexity index is 422. The largest absolute Gasteiger partial charge is 0.476 e. The molecule has 2 heterocycles. The van der Waals surface area contributed by atoms with Crippen molar-refractivity contribution in [2.24, 2.45) is 4.99 Å². The molecule has 3 nitrogen and oxygen atoms in total. The van der Waals surface area contributed by atoms with E-state index in [1.54, 1.807) is 0 Å². The van der Waals surface area contributed by atoms with E-state index in [1.807, 2.05) is 0 Å². The van der Waals surface area contributed by atoms with Crippen molar-refractivity contribution >= 4 is 5.90 Å². The average Bonchev–Trinajstić information content (AvgIpc) is 2.94. The van der Waals surface area contributed by atoms with Gasteiger partial charge in [0.1, 0.15) is 6.61 Å². The Labute approximate surface area is 102 Å². The first kappa shape index (κ1) is 10.8. The Balaban J connectivity index is 1.92. The van der Waals surface area contributed by atoms with Crippen LogP contribution in [0.2, 0.25) is 0 Å². The van der Waals surface area contributed by atoms with Gasteiger partial charge in [-0.2, -0.15) is 0 Å². The molecule has 90 valence electrons. The van der Waals surface area contributed by atoms with Crippen LogP contribution in [0.1, 0.15) is 36.4 Å². The number of hydrogen-bond acceptors (Lipinski definition) is 3. The van der Waals surface area contributed by atoms with Crippen molar-refractivity contribution in [1.82, 2.24) is 5.32 Å². The van der Waals surface area contributed by atoms with E-state index in [0.29, 0.717) is 6.04 Å². The number of hydrogen-bond donors (Lipinski definition) is 1. The van der Waals surface area contributed by atoms with Gasteiger partial charge in [-0.05, 0) is 31.0 Å². The van der Waals surface area contributed by atoms with Gasteiger partial charge in [-0.15, -0.1) is 0 Å². The zero-order valence-corrected chi connectivity index (χ0v) is 9.98. The average molecular weight is 230 g/mol. The van der Waals surface area contributed by atoms with E-state index >= 15 is 0 Å². The molecule has 1 saturated heterocycles. The predicted octanol–water partition coefficient (Wildman–Crippen LogP) is 2.28. The summed E-state index contributed by atoms with van der Waals surface area (Å²) in [5, 5.41) is 3.59. The second kappa shape index (κ2) is 4.88. The minimum absolute atomic E-state index is 0.465. The molecule has 0 spiro atoms. The molecule has 0 amide bonds. The molecule has 1 atom stereocenters. The van der Waals surface area contributed by atoms with Gasteiger partial charge in [-0.25, -0.2) is 4.99 Å². The molecule has 0 aromatic heterocycles. The zero-order chi connectivity index (χ0) is 11.5. The SMILES string of the molecule is c1ccc(C2CCCCN2)c(C2=NCCO2)c1. The van der Waals surface area contributed by atoms with E-state index in [2.05, 4.69) is 34.6 Å². The number of nitrogens with one attached hydrogen (secondary N) is 1. The van der Waals surface area contributed by atoms with Crippen LogP contribution in [0.25, 0.3) is 0 Å². The first-order valence-electron chi connectivity index (χ1n) is 6.45. The van der Waals surface area contributed by atoms with Gasteiger partial charge in [0.05, 0.1) is 6.54 Å². The normalized spacial score (nSPS) is 24.2. The molecule has 1 N–H and O–H groups in total. The summed E-state index contributed by atoms with van der Waals surface area (Å²) < 4.78 is 5.59. The number of aliphatic imine (C=N–C) groups is 1. The Morgan fingerprint density at radius 3 is 2.94 bits per heavy atom. The van der Waals surface area contributed by atoms with Crippen molar-refractivity contribution in [3.05, 3.63) is 35.4 Å². The summed E-state index contributed by atoms with van der Waals surface area (Å²) in [7, 11) is 0. The maximum absolute atomic E-state index is 5.59. The van der Waals surface area contributed by atoms with Crippen molar-refractivity contribution in [3.8, 4) is 0 Å². The molecule has 17 heavy (non-hydrogen) atoms. The van der Waals surface area contributed by atoms with Gasteiger partial charge in [0.15, 0.2) is 0 Å². The number of rotatable bonds is 2. The molecule has 1 aromatic carbocycles. The van der Waals surface area contributed by atoms with Crippen molar-refractivity contribution < 1.29 is 4.74 Å². The van der Waals surface area contributed by atoms with Crippen LogP contribution in [-0.4, -0.2) is 25.6 Å². The van der Waals surface area contributed by atoms with Gasteiger partial charge in [0.2, 0.25) is 5.90 Å². The lowest BCUT2D eigenvalue weighted by atomic mass is 9.93. The van der Waals surface area contributed by atoms with Gasteiger partial charge < -0.3 is 10.1 Å². The smallest absolute Gasteiger partial charge is 0.216 e. The van der Waals surface area contributed by atoms with E-state index in [4.69, 9.17) is 4.74 Å². The van der Waals surface area contributed by atoms with E-state index in [9.17, 15) is 0 Å². The Hall–Kier alpha value is -1.35. The van der Waals surface area contributed by atoms with Crippen LogP contribution in [0.5, 0.6) is 0 Å². The predicted molar refractivity (Wildman–Crippen MR) is 68.4 cm³/mol. The van der Waals surface area contributed by atoms with Crippen LogP contribution in [0.4, 0.5) is 0 Å². The molecule has 0 bridgehead atoms. The maximum Gasteiger partial charge on any atom is 0.216 e. The van der Waals surface area contributed by atoms with E-state index in [1.165, 1.54) is 30.4 Å². The summed E-state index contributed by atoms with van der Waals surface area (Å²) in [5.41, 5.74) is 2.51. The fourth-order valence-electron chi connectivity index (χ4n) is 2.61. The first-order valence-corrected chi connectivity index (χ1v) is 6.45. The van der Waals surface area contributed by atoms with Crippen LogP contribution in [0, 0.1) is 0 Å². The van der Waals surface area contributed by atoms with E-state index in [0.717, 1.165) is 25.6 Å². The Morgan fingerprint density at radius 1 is 1.24 bits per heavy atom. The zero-order valence-electron chi connectivity index (χ0n) is 9.98. The summed E-state index contributed by atoms with van der Waals surface area (Å²) in [4.78, 5) is 4.43. The molecule has 0 saturated carbocycles. The molecule has 0 radical (unpaired) electrons. The highest BCUT2D eigenvalue weighted by atomic mass is 16.5. The van der Waals surface area contributed by atoms with Crippen molar-refractivity contribution in [1.29, 1.82) is 0 Å². The van der Waals surface area contributed by atoms with Crippen LogP contribution in [0.3, 0.4) is 0 Å². The van der Waals surface area contributed by atoms with Gasteiger partial charge in [-0.1, -0.05) is 24.6 Å². The highest BCUT2D eigenvalue weighted by Crippen LogP contribution is 2.26. The number of nitrogens with zero attached hydrogens (tertiary/aromatic N) is 1. The number of piperidine rings is 1. The van der Waals surface area contributed by atoms with E-state index in [-0.39, 0.29) is 0 Å². The van der Waals surface area contributed by atoms with Crippen LogP contribution >= 0.6 is 0 Å². The molecule has 1 aromatic rings. The summed E-state index contributed by atoms with van der Waals surface area (Å²) in [6, 6.07) is 8.95. The number of ether oxygens (including phenoxy) is 1. The van der Waals surface area contributed by atoms with Crippen LogP contribution < -0.4 is 5.32 Å². The number of benzene rings is 1. The minimum Gasteiger partial charge on any atom is -0.476 e. The second-order valence-corrected chi connectivity index (χ2v) is 4.63. The van der Waals surface area contributed by atoms with Gasteiger partial charge in [0.25, 0.3) is 0 Å². The summed E-state index contributed by atoms with van der Waals surface area (Å²) in [6.45, 7) is 2.63.